The zero-order valence-corrected chi connectivity index (χ0v) is 24.5. The Kier molecular flexibility index (Phi) is 6.65. The van der Waals surface area contributed by atoms with E-state index in [-0.39, 0.29) is 5.82 Å². The number of fused-ring (bicyclic) bond motifs is 2. The second kappa shape index (κ2) is 11.1. The lowest BCUT2D eigenvalue weighted by molar-refractivity contribution is 0.309. The van der Waals surface area contributed by atoms with Crippen molar-refractivity contribution >= 4 is 22.8 Å². The summed E-state index contributed by atoms with van der Waals surface area (Å²) < 4.78 is 2.08. The second-order valence-electron chi connectivity index (χ2n) is 11.7. The van der Waals surface area contributed by atoms with Gasteiger partial charge in [0.25, 0.3) is 0 Å². The minimum atomic E-state index is 0.224. The topological polar surface area (TPSA) is 126 Å². The van der Waals surface area contributed by atoms with Crippen LogP contribution in [0.25, 0.3) is 39.5 Å². The number of rotatable bonds is 6. The van der Waals surface area contributed by atoms with Gasteiger partial charge >= 0.3 is 0 Å². The number of anilines is 2. The first kappa shape index (κ1) is 26.9. The maximum absolute atomic E-state index is 9.17. The van der Waals surface area contributed by atoms with E-state index in [1.165, 1.54) is 5.56 Å². The number of likely N-dealkylation sites (tertiary alicyclic amines) is 1. The summed E-state index contributed by atoms with van der Waals surface area (Å²) in [5, 5.41) is 9.17. The van der Waals surface area contributed by atoms with Crippen LogP contribution >= 0.6 is 0 Å². The van der Waals surface area contributed by atoms with Crippen LogP contribution in [0.3, 0.4) is 0 Å². The Hall–Kier alpha value is -5.66. The lowest BCUT2D eigenvalue weighted by Gasteiger charge is -2.22. The molecule has 2 aliphatic rings. The average Bonchev–Trinajstić information content (AvgIpc) is 3.77. The molecule has 45 heavy (non-hydrogen) atoms. The standard InChI is InChI=1S/C35H30N10/c36-17-31-38-16-14-32(42-31)44-21-25-19-43(20-26(25)22-44)18-23-8-10-27(11-9-23)45-34(28-7-4-15-39-33(28)37)41-30-13-12-29(40-35(30)45)24-5-2-1-3-6-24/h1-16,25-26H,18-22H2,(H2,37,39)/t25-,26?/m1/s1. The Balaban J connectivity index is 1.05. The fourth-order valence-corrected chi connectivity index (χ4v) is 6.75. The Bertz CT molecular complexity index is 2030. The molecule has 2 N–H and O–H groups in total. The van der Waals surface area contributed by atoms with Gasteiger partial charge in [0, 0.05) is 56.4 Å². The van der Waals surface area contributed by atoms with E-state index < -0.39 is 0 Å². The van der Waals surface area contributed by atoms with Crippen molar-refractivity contribution < 1.29 is 0 Å². The number of pyridine rings is 2. The molecule has 2 saturated heterocycles. The molecule has 0 spiro atoms. The highest BCUT2D eigenvalue weighted by atomic mass is 15.3. The van der Waals surface area contributed by atoms with E-state index in [0.29, 0.717) is 23.5 Å². The van der Waals surface area contributed by atoms with E-state index in [2.05, 4.69) is 65.7 Å². The molecule has 0 saturated carbocycles. The molecular weight excluding hydrogens is 560 g/mol. The predicted octanol–water partition coefficient (Wildman–Crippen LogP) is 4.96. The average molecular weight is 591 g/mol. The number of nitrogens with two attached hydrogens (primary N) is 1. The van der Waals surface area contributed by atoms with Crippen molar-refractivity contribution in [2.24, 2.45) is 11.8 Å². The zero-order valence-electron chi connectivity index (χ0n) is 24.5. The van der Waals surface area contributed by atoms with E-state index in [1.54, 1.807) is 12.4 Å². The quantitative estimate of drug-likeness (QED) is 0.286. The van der Waals surface area contributed by atoms with Gasteiger partial charge in [0.2, 0.25) is 5.82 Å². The number of nitriles is 1. The van der Waals surface area contributed by atoms with Gasteiger partial charge in [-0.3, -0.25) is 9.47 Å². The normalized spacial score (nSPS) is 17.9. The number of nitrogens with zero attached hydrogens (tertiary/aromatic N) is 9. The van der Waals surface area contributed by atoms with Crippen LogP contribution in [0.4, 0.5) is 11.6 Å². The number of imidazole rings is 1. The van der Waals surface area contributed by atoms with Gasteiger partial charge in [-0.25, -0.2) is 24.9 Å². The highest BCUT2D eigenvalue weighted by molar-refractivity contribution is 5.84. The van der Waals surface area contributed by atoms with Gasteiger partial charge in [0.1, 0.15) is 23.2 Å². The largest absolute Gasteiger partial charge is 0.383 e. The summed E-state index contributed by atoms with van der Waals surface area (Å²) in [5.41, 5.74) is 12.8. The van der Waals surface area contributed by atoms with Crippen LogP contribution in [0, 0.1) is 23.2 Å². The summed E-state index contributed by atoms with van der Waals surface area (Å²) in [7, 11) is 0. The second-order valence-corrected chi connectivity index (χ2v) is 11.7. The molecule has 10 nitrogen and oxygen atoms in total. The fraction of sp³-hybridized carbons (Fsp3) is 0.200. The van der Waals surface area contributed by atoms with Crippen LogP contribution in [-0.4, -0.2) is 60.6 Å². The molecule has 6 heterocycles. The maximum atomic E-state index is 9.17. The van der Waals surface area contributed by atoms with Crippen LogP contribution in [0.2, 0.25) is 0 Å². The van der Waals surface area contributed by atoms with Crippen LogP contribution in [0.5, 0.6) is 0 Å². The first-order chi connectivity index (χ1) is 22.1. The molecule has 0 aliphatic carbocycles. The molecule has 2 fully saturated rings. The first-order valence-corrected chi connectivity index (χ1v) is 15.1. The van der Waals surface area contributed by atoms with E-state index in [1.807, 2.05) is 54.6 Å². The third-order valence-electron chi connectivity index (χ3n) is 8.88. The Morgan fingerprint density at radius 3 is 2.33 bits per heavy atom. The van der Waals surface area contributed by atoms with Crippen molar-refractivity contribution in [3.63, 3.8) is 0 Å². The van der Waals surface area contributed by atoms with Gasteiger partial charge in [0.05, 0.1) is 11.3 Å². The monoisotopic (exact) mass is 590 g/mol. The summed E-state index contributed by atoms with van der Waals surface area (Å²) in [6, 6.07) is 30.7. The van der Waals surface area contributed by atoms with E-state index in [0.717, 1.165) is 72.2 Å². The maximum Gasteiger partial charge on any atom is 0.234 e. The highest BCUT2D eigenvalue weighted by Crippen LogP contribution is 2.35. The molecule has 0 amide bonds. The highest BCUT2D eigenvalue weighted by Gasteiger charge is 2.40. The van der Waals surface area contributed by atoms with Crippen LogP contribution in [0.1, 0.15) is 11.4 Å². The number of benzene rings is 2. The van der Waals surface area contributed by atoms with Gasteiger partial charge in [-0.15, -0.1) is 0 Å². The van der Waals surface area contributed by atoms with E-state index >= 15 is 0 Å². The van der Waals surface area contributed by atoms with Crippen LogP contribution in [-0.2, 0) is 6.54 Å². The molecule has 0 bridgehead atoms. The molecule has 220 valence electrons. The Labute approximate surface area is 260 Å². The number of aromatic nitrogens is 6. The van der Waals surface area contributed by atoms with Crippen molar-refractivity contribution in [2.75, 3.05) is 36.8 Å². The lowest BCUT2D eigenvalue weighted by Crippen LogP contribution is -2.29. The number of nitrogen functional groups attached to an aromatic ring is 1. The van der Waals surface area contributed by atoms with Crippen LogP contribution in [0.15, 0.2) is 97.3 Å². The molecule has 0 radical (unpaired) electrons. The molecular formula is C35H30N10. The van der Waals surface area contributed by atoms with Gasteiger partial charge < -0.3 is 10.6 Å². The molecule has 6 aromatic rings. The third-order valence-corrected chi connectivity index (χ3v) is 8.88. The molecule has 4 aromatic heterocycles. The van der Waals surface area contributed by atoms with E-state index in [4.69, 9.17) is 15.7 Å². The third kappa shape index (κ3) is 5.03. The van der Waals surface area contributed by atoms with Gasteiger partial charge in [-0.1, -0.05) is 42.5 Å². The first-order valence-electron chi connectivity index (χ1n) is 15.1. The lowest BCUT2D eigenvalue weighted by atomic mass is 10.0. The van der Waals surface area contributed by atoms with Gasteiger partial charge in [-0.05, 0) is 59.9 Å². The van der Waals surface area contributed by atoms with Crippen molar-refractivity contribution in [1.82, 2.24) is 34.4 Å². The molecule has 10 heteroatoms. The summed E-state index contributed by atoms with van der Waals surface area (Å²) in [5.74, 6) is 3.38. The Morgan fingerprint density at radius 2 is 1.58 bits per heavy atom. The van der Waals surface area contributed by atoms with Crippen LogP contribution < -0.4 is 10.6 Å². The predicted molar refractivity (Wildman–Crippen MR) is 173 cm³/mol. The fourth-order valence-electron chi connectivity index (χ4n) is 6.75. The smallest absolute Gasteiger partial charge is 0.234 e. The van der Waals surface area contributed by atoms with Crippen molar-refractivity contribution in [2.45, 2.75) is 6.54 Å². The number of hydrogen-bond donors (Lipinski definition) is 1. The summed E-state index contributed by atoms with van der Waals surface area (Å²) in [6.45, 7) is 4.88. The van der Waals surface area contributed by atoms with Gasteiger partial charge in [0.15, 0.2) is 11.5 Å². The zero-order chi connectivity index (χ0) is 30.3. The van der Waals surface area contributed by atoms with Gasteiger partial charge in [-0.2, -0.15) is 5.26 Å². The minimum Gasteiger partial charge on any atom is -0.383 e. The summed E-state index contributed by atoms with van der Waals surface area (Å²) in [6.07, 6.45) is 3.36. The van der Waals surface area contributed by atoms with E-state index in [9.17, 15) is 5.26 Å². The van der Waals surface area contributed by atoms with Crippen molar-refractivity contribution in [3.8, 4) is 34.4 Å². The molecule has 2 aliphatic heterocycles. The summed E-state index contributed by atoms with van der Waals surface area (Å²) >= 11 is 0. The van der Waals surface area contributed by atoms with Crippen molar-refractivity contribution in [3.05, 3.63) is 109 Å². The number of hydrogen-bond acceptors (Lipinski definition) is 9. The Morgan fingerprint density at radius 1 is 0.778 bits per heavy atom. The molecule has 8 rings (SSSR count). The van der Waals surface area contributed by atoms with Crippen molar-refractivity contribution in [1.29, 1.82) is 5.26 Å². The molecule has 2 atom stereocenters. The summed E-state index contributed by atoms with van der Waals surface area (Å²) in [4.78, 5) is 27.6. The molecule has 2 aromatic carbocycles. The minimum absolute atomic E-state index is 0.224. The SMILES string of the molecule is N#Cc1nccc(N2CC3CN(Cc4ccc(-n5c(-c6cccnc6N)nc6ccc(-c7ccccc7)nc65)cc4)C[C@@H]3C2)n1. The molecule has 1 unspecified atom stereocenters.